The summed E-state index contributed by atoms with van der Waals surface area (Å²) in [5, 5.41) is 23.4. The van der Waals surface area contributed by atoms with E-state index in [-0.39, 0.29) is 32.9 Å². The SMILES string of the molecule is Cc1ccc(N)cc1.Cc1ccc(Nc2nc(Cl)ncc2[N+](=O)[O-])cc1.O=[N+]([O-])c1cnc(Cl)nc1Cl. The number of hydrogen-bond donors (Lipinski definition) is 2. The lowest BCUT2D eigenvalue weighted by molar-refractivity contribution is -0.385. The first-order chi connectivity index (χ1) is 17.5. The lowest BCUT2D eigenvalue weighted by Gasteiger charge is -2.06. The molecular weight excluding hydrogens is 547 g/mol. The molecular formula is C22H19Cl3N8O4. The van der Waals surface area contributed by atoms with Crippen LogP contribution in [-0.2, 0) is 0 Å². The number of halogens is 3. The third-order valence-electron chi connectivity index (χ3n) is 4.22. The maximum absolute atomic E-state index is 10.8. The van der Waals surface area contributed by atoms with Crippen LogP contribution in [0.2, 0.25) is 15.7 Å². The molecule has 0 fully saturated rings. The average molecular weight is 566 g/mol. The maximum atomic E-state index is 10.8. The normalized spacial score (nSPS) is 9.76. The fourth-order valence-electron chi connectivity index (χ4n) is 2.38. The molecule has 192 valence electrons. The average Bonchev–Trinajstić information content (AvgIpc) is 2.83. The monoisotopic (exact) mass is 564 g/mol. The van der Waals surface area contributed by atoms with Crippen molar-refractivity contribution in [3.8, 4) is 0 Å². The van der Waals surface area contributed by atoms with E-state index in [1.807, 2.05) is 50.2 Å². The van der Waals surface area contributed by atoms with Gasteiger partial charge in [0.1, 0.15) is 12.4 Å². The summed E-state index contributed by atoms with van der Waals surface area (Å²) in [5.41, 5.74) is 8.72. The third-order valence-corrected chi connectivity index (χ3v) is 4.86. The van der Waals surface area contributed by atoms with Gasteiger partial charge in [0.25, 0.3) is 0 Å². The molecule has 3 N–H and O–H groups in total. The highest BCUT2D eigenvalue weighted by Crippen LogP contribution is 2.25. The second-order valence-corrected chi connectivity index (χ2v) is 8.14. The Morgan fingerprint density at radius 3 is 1.68 bits per heavy atom. The summed E-state index contributed by atoms with van der Waals surface area (Å²) in [6.07, 6.45) is 2.03. The van der Waals surface area contributed by atoms with Gasteiger partial charge < -0.3 is 11.1 Å². The van der Waals surface area contributed by atoms with Crippen LogP contribution in [-0.4, -0.2) is 29.8 Å². The van der Waals surface area contributed by atoms with Crippen molar-refractivity contribution in [1.29, 1.82) is 0 Å². The van der Waals surface area contributed by atoms with Crippen LogP contribution < -0.4 is 11.1 Å². The first-order valence-corrected chi connectivity index (χ1v) is 11.2. The number of nitrogens with one attached hydrogen (secondary N) is 1. The van der Waals surface area contributed by atoms with Gasteiger partial charge in [-0.2, -0.15) is 9.97 Å². The number of benzene rings is 2. The zero-order valence-corrected chi connectivity index (χ0v) is 21.6. The molecule has 0 aliphatic heterocycles. The molecule has 2 aromatic heterocycles. The van der Waals surface area contributed by atoms with Gasteiger partial charge in [0.2, 0.25) is 21.5 Å². The molecule has 0 amide bonds. The highest BCUT2D eigenvalue weighted by molar-refractivity contribution is 6.33. The molecule has 0 spiro atoms. The van der Waals surface area contributed by atoms with Gasteiger partial charge in [-0.05, 0) is 61.3 Å². The molecule has 0 saturated heterocycles. The van der Waals surface area contributed by atoms with Crippen molar-refractivity contribution in [1.82, 2.24) is 19.9 Å². The van der Waals surface area contributed by atoms with Crippen molar-refractivity contribution in [3.63, 3.8) is 0 Å². The Morgan fingerprint density at radius 1 is 0.757 bits per heavy atom. The van der Waals surface area contributed by atoms with Gasteiger partial charge in [-0.15, -0.1) is 0 Å². The Balaban J connectivity index is 0.000000215. The second kappa shape index (κ2) is 13.8. The number of nitrogens with two attached hydrogens (primary N) is 1. The van der Waals surface area contributed by atoms with Gasteiger partial charge in [-0.3, -0.25) is 20.2 Å². The number of nitro groups is 2. The van der Waals surface area contributed by atoms with E-state index >= 15 is 0 Å². The summed E-state index contributed by atoms with van der Waals surface area (Å²) < 4.78 is 0. The van der Waals surface area contributed by atoms with Crippen molar-refractivity contribution in [2.45, 2.75) is 13.8 Å². The minimum absolute atomic E-state index is 0.0461. The van der Waals surface area contributed by atoms with Crippen LogP contribution in [0.25, 0.3) is 0 Å². The second-order valence-electron chi connectivity index (χ2n) is 7.10. The van der Waals surface area contributed by atoms with Crippen LogP contribution in [0.3, 0.4) is 0 Å². The Bertz CT molecular complexity index is 1350. The number of nitrogens with zero attached hydrogens (tertiary/aromatic N) is 6. The maximum Gasteiger partial charge on any atom is 0.329 e. The van der Waals surface area contributed by atoms with Crippen molar-refractivity contribution in [2.24, 2.45) is 0 Å². The van der Waals surface area contributed by atoms with Crippen LogP contribution in [0.1, 0.15) is 11.1 Å². The van der Waals surface area contributed by atoms with Crippen LogP contribution in [0.15, 0.2) is 60.9 Å². The molecule has 15 heteroatoms. The largest absolute Gasteiger partial charge is 0.399 e. The summed E-state index contributed by atoms with van der Waals surface area (Å²) in [7, 11) is 0. The van der Waals surface area contributed by atoms with Crippen molar-refractivity contribution in [2.75, 3.05) is 11.1 Å². The smallest absolute Gasteiger partial charge is 0.329 e. The molecule has 0 atom stereocenters. The molecule has 0 bridgehead atoms. The third kappa shape index (κ3) is 9.80. The molecule has 2 aromatic carbocycles. The Hall–Kier alpha value is -4.13. The van der Waals surface area contributed by atoms with Crippen molar-refractivity contribution in [3.05, 3.63) is 108 Å². The molecule has 0 saturated carbocycles. The number of nitrogen functional groups attached to an aromatic ring is 1. The van der Waals surface area contributed by atoms with Crippen LogP contribution in [0.4, 0.5) is 28.6 Å². The topological polar surface area (TPSA) is 176 Å². The van der Waals surface area contributed by atoms with E-state index < -0.39 is 9.85 Å². The Labute approximate surface area is 225 Å². The van der Waals surface area contributed by atoms with Gasteiger partial charge in [0, 0.05) is 11.4 Å². The molecule has 12 nitrogen and oxygen atoms in total. The Morgan fingerprint density at radius 2 is 1.22 bits per heavy atom. The molecule has 0 aliphatic rings. The van der Waals surface area contributed by atoms with Gasteiger partial charge in [0.15, 0.2) is 0 Å². The van der Waals surface area contributed by atoms with E-state index in [0.29, 0.717) is 5.69 Å². The van der Waals surface area contributed by atoms with Crippen LogP contribution in [0.5, 0.6) is 0 Å². The highest BCUT2D eigenvalue weighted by Gasteiger charge is 2.17. The summed E-state index contributed by atoms with van der Waals surface area (Å²) in [5.74, 6) is 0.0730. The van der Waals surface area contributed by atoms with Crippen LogP contribution in [0, 0.1) is 34.1 Å². The minimum Gasteiger partial charge on any atom is -0.399 e. The van der Waals surface area contributed by atoms with Gasteiger partial charge in [0.05, 0.1) is 9.85 Å². The quantitative estimate of drug-likeness (QED) is 0.0930. The van der Waals surface area contributed by atoms with Gasteiger partial charge in [-0.25, -0.2) is 9.97 Å². The van der Waals surface area contributed by atoms with E-state index in [2.05, 4.69) is 25.3 Å². The van der Waals surface area contributed by atoms with Crippen molar-refractivity contribution >= 4 is 63.4 Å². The molecule has 4 aromatic rings. The molecule has 37 heavy (non-hydrogen) atoms. The number of anilines is 3. The lowest BCUT2D eigenvalue weighted by Crippen LogP contribution is -2.01. The zero-order valence-electron chi connectivity index (χ0n) is 19.3. The van der Waals surface area contributed by atoms with Crippen molar-refractivity contribution < 1.29 is 9.85 Å². The predicted octanol–water partition coefficient (Wildman–Crippen LogP) is 6.36. The molecule has 2 heterocycles. The van der Waals surface area contributed by atoms with E-state index in [0.717, 1.165) is 23.6 Å². The first-order valence-electron chi connectivity index (χ1n) is 10.1. The number of hydrogen-bond acceptors (Lipinski definition) is 10. The molecule has 0 aliphatic carbocycles. The van der Waals surface area contributed by atoms with Crippen LogP contribution >= 0.6 is 34.8 Å². The number of aryl methyl sites for hydroxylation is 2. The fraction of sp³-hybridized carbons (Fsp3) is 0.0909. The van der Waals surface area contributed by atoms with Gasteiger partial charge >= 0.3 is 11.4 Å². The molecule has 0 unspecified atom stereocenters. The summed E-state index contributed by atoms with van der Waals surface area (Å²) >= 11 is 16.3. The predicted molar refractivity (Wildman–Crippen MR) is 142 cm³/mol. The highest BCUT2D eigenvalue weighted by atomic mass is 35.5. The summed E-state index contributed by atoms with van der Waals surface area (Å²) in [6.45, 7) is 3.99. The number of rotatable bonds is 4. The van der Waals surface area contributed by atoms with E-state index in [4.69, 9.17) is 40.5 Å². The molecule has 4 rings (SSSR count). The summed E-state index contributed by atoms with van der Waals surface area (Å²) in [4.78, 5) is 33.9. The standard InChI is InChI=1S/C11H9ClN4O2.C7H9N.C4HCl2N3O2/c1-7-2-4-8(5-3-7)14-10-9(16(17)18)6-13-11(12)15-10;1-6-2-4-7(8)5-3-6;5-3-2(9(10)11)1-7-4(6)8-3/h2-6H,1H3,(H,13,14,15);2-5H,8H2,1H3;1H. The van der Waals surface area contributed by atoms with E-state index in [1.54, 1.807) is 12.1 Å². The van der Waals surface area contributed by atoms with E-state index in [9.17, 15) is 20.2 Å². The fourth-order valence-corrected chi connectivity index (χ4v) is 2.88. The number of aromatic nitrogens is 4. The first kappa shape index (κ1) is 29.1. The van der Waals surface area contributed by atoms with E-state index in [1.165, 1.54) is 5.56 Å². The Kier molecular flexibility index (Phi) is 10.9. The lowest BCUT2D eigenvalue weighted by atomic mass is 10.2. The minimum atomic E-state index is -0.682. The van der Waals surface area contributed by atoms with Gasteiger partial charge in [-0.1, -0.05) is 47.0 Å². The zero-order chi connectivity index (χ0) is 27.5. The summed E-state index contributed by atoms with van der Waals surface area (Å²) in [6, 6.07) is 15.2. The molecule has 0 radical (unpaired) electrons.